The quantitative estimate of drug-likeness (QED) is 0.513. The number of hydrogen-bond acceptors (Lipinski definition) is 4. The smallest absolute Gasteiger partial charge is 0.106 e. The Morgan fingerprint density at radius 1 is 1.42 bits per heavy atom. The summed E-state index contributed by atoms with van der Waals surface area (Å²) < 4.78 is 5.07. The van der Waals surface area contributed by atoms with E-state index >= 15 is 0 Å². The van der Waals surface area contributed by atoms with Crippen LogP contribution >= 0.6 is 0 Å². The Kier molecular flexibility index (Phi) is 5.41. The van der Waals surface area contributed by atoms with Crippen molar-refractivity contribution in [3.05, 3.63) is 0 Å². The highest BCUT2D eigenvalue weighted by Gasteiger charge is 2.31. The van der Waals surface area contributed by atoms with E-state index in [-0.39, 0.29) is 13.2 Å². The molecule has 0 aromatic rings. The fourth-order valence-electron chi connectivity index (χ4n) is 1.03. The average Bonchev–Trinajstić information content (AvgIpc) is 2.12. The zero-order valence-corrected chi connectivity index (χ0v) is 7.66. The Morgan fingerprint density at radius 2 is 2.00 bits per heavy atom. The number of methoxy groups -OCH3 is 1. The van der Waals surface area contributed by atoms with Gasteiger partial charge in [-0.05, 0) is 19.8 Å². The molecule has 0 aliphatic carbocycles. The van der Waals surface area contributed by atoms with Crippen molar-refractivity contribution in [1.82, 2.24) is 0 Å². The molecule has 74 valence electrons. The molecule has 0 amide bonds. The molecule has 0 heterocycles. The molecule has 4 nitrogen and oxygen atoms in total. The van der Waals surface area contributed by atoms with E-state index in [0.717, 1.165) is 0 Å². The van der Waals surface area contributed by atoms with Gasteiger partial charge in [-0.1, -0.05) is 0 Å². The van der Waals surface area contributed by atoms with E-state index in [2.05, 4.69) is 0 Å². The van der Waals surface area contributed by atoms with Crippen molar-refractivity contribution in [2.75, 3.05) is 20.3 Å². The zero-order chi connectivity index (χ0) is 9.61. The minimum Gasteiger partial charge on any atom is -0.396 e. The van der Waals surface area contributed by atoms with Crippen LogP contribution in [0, 0.1) is 0 Å². The monoisotopic (exact) mass is 178 g/mol. The van der Waals surface area contributed by atoms with Crippen molar-refractivity contribution in [1.29, 1.82) is 0 Å². The van der Waals surface area contributed by atoms with Crippen LogP contribution in [0.2, 0.25) is 0 Å². The summed E-state index contributed by atoms with van der Waals surface area (Å²) in [6.45, 7) is 1.45. The van der Waals surface area contributed by atoms with Gasteiger partial charge in [0.15, 0.2) is 0 Å². The Labute approximate surface area is 72.8 Å². The predicted molar refractivity (Wildman–Crippen MR) is 44.8 cm³/mol. The molecule has 0 fully saturated rings. The average molecular weight is 178 g/mol. The topological polar surface area (TPSA) is 69.9 Å². The van der Waals surface area contributed by atoms with Gasteiger partial charge in [-0.2, -0.15) is 0 Å². The molecular formula is C8H18O4. The second-order valence-electron chi connectivity index (χ2n) is 3.04. The molecule has 0 radical (unpaired) electrons. The Bertz CT molecular complexity index is 118. The maximum absolute atomic E-state index is 9.35. The van der Waals surface area contributed by atoms with Crippen molar-refractivity contribution >= 4 is 0 Å². The van der Waals surface area contributed by atoms with Crippen LogP contribution in [0.1, 0.15) is 19.8 Å². The fourth-order valence-corrected chi connectivity index (χ4v) is 1.03. The summed E-state index contributed by atoms with van der Waals surface area (Å²) >= 11 is 0. The predicted octanol–water partition coefficient (Wildman–Crippen LogP) is -0.483. The SMILES string of the molecule is COC(C)(CCCO)C(O)CO. The maximum Gasteiger partial charge on any atom is 0.106 e. The highest BCUT2D eigenvalue weighted by Crippen LogP contribution is 2.20. The molecule has 12 heavy (non-hydrogen) atoms. The first-order valence-corrected chi connectivity index (χ1v) is 4.05. The number of rotatable bonds is 6. The van der Waals surface area contributed by atoms with Crippen LogP contribution in [0.25, 0.3) is 0 Å². The van der Waals surface area contributed by atoms with E-state index in [4.69, 9.17) is 14.9 Å². The first-order valence-electron chi connectivity index (χ1n) is 4.05. The minimum absolute atomic E-state index is 0.0666. The van der Waals surface area contributed by atoms with Gasteiger partial charge in [0.1, 0.15) is 6.10 Å². The summed E-state index contributed by atoms with van der Waals surface area (Å²) in [5.41, 5.74) is -0.752. The second-order valence-corrected chi connectivity index (χ2v) is 3.04. The van der Waals surface area contributed by atoms with E-state index < -0.39 is 11.7 Å². The Balaban J connectivity index is 4.03. The fraction of sp³-hybridized carbons (Fsp3) is 1.00. The largest absolute Gasteiger partial charge is 0.396 e. The summed E-state index contributed by atoms with van der Waals surface area (Å²) in [6, 6.07) is 0. The van der Waals surface area contributed by atoms with Crippen LogP contribution in [0.3, 0.4) is 0 Å². The first kappa shape index (κ1) is 11.8. The highest BCUT2D eigenvalue weighted by molar-refractivity contribution is 4.82. The van der Waals surface area contributed by atoms with Crippen LogP contribution in [0.4, 0.5) is 0 Å². The van der Waals surface area contributed by atoms with Gasteiger partial charge in [0.05, 0.1) is 12.2 Å². The standard InChI is InChI=1S/C8H18O4/c1-8(12-2,4-3-5-9)7(11)6-10/h7,9-11H,3-6H2,1-2H3. The van der Waals surface area contributed by atoms with Gasteiger partial charge < -0.3 is 20.1 Å². The van der Waals surface area contributed by atoms with Crippen LogP contribution in [0.5, 0.6) is 0 Å². The third kappa shape index (κ3) is 3.06. The molecule has 2 atom stereocenters. The van der Waals surface area contributed by atoms with Crippen molar-refractivity contribution in [2.45, 2.75) is 31.5 Å². The normalized spacial score (nSPS) is 18.8. The molecule has 0 spiro atoms. The molecule has 4 heteroatoms. The van der Waals surface area contributed by atoms with Gasteiger partial charge in [0.25, 0.3) is 0 Å². The number of aliphatic hydroxyl groups is 3. The van der Waals surface area contributed by atoms with E-state index in [9.17, 15) is 5.11 Å². The lowest BCUT2D eigenvalue weighted by Crippen LogP contribution is -2.43. The van der Waals surface area contributed by atoms with E-state index in [1.54, 1.807) is 6.92 Å². The van der Waals surface area contributed by atoms with Gasteiger partial charge in [-0.15, -0.1) is 0 Å². The number of hydrogen-bond donors (Lipinski definition) is 3. The third-order valence-electron chi connectivity index (χ3n) is 2.18. The van der Waals surface area contributed by atoms with Gasteiger partial charge in [-0.3, -0.25) is 0 Å². The van der Waals surface area contributed by atoms with Gasteiger partial charge >= 0.3 is 0 Å². The maximum atomic E-state index is 9.35. The lowest BCUT2D eigenvalue weighted by atomic mass is 9.93. The summed E-state index contributed by atoms with van der Waals surface area (Å²) in [5.74, 6) is 0. The molecule has 0 rings (SSSR count). The molecule has 0 bridgehead atoms. The molecule has 2 unspecified atom stereocenters. The summed E-state index contributed by atoms with van der Waals surface area (Å²) in [6.07, 6.45) is 0.192. The molecule has 0 saturated heterocycles. The molecular weight excluding hydrogens is 160 g/mol. The molecule has 0 aliphatic rings. The van der Waals surface area contributed by atoms with Gasteiger partial charge in [0.2, 0.25) is 0 Å². The summed E-state index contributed by atoms with van der Waals surface area (Å²) in [7, 11) is 1.48. The zero-order valence-electron chi connectivity index (χ0n) is 7.66. The first-order chi connectivity index (χ1) is 5.60. The van der Waals surface area contributed by atoms with E-state index in [1.165, 1.54) is 7.11 Å². The molecule has 3 N–H and O–H groups in total. The molecule has 0 aromatic heterocycles. The van der Waals surface area contributed by atoms with Crippen molar-refractivity contribution < 1.29 is 20.1 Å². The highest BCUT2D eigenvalue weighted by atomic mass is 16.5. The van der Waals surface area contributed by atoms with Crippen LogP contribution in [0.15, 0.2) is 0 Å². The Hall–Kier alpha value is -0.160. The lowest BCUT2D eigenvalue weighted by Gasteiger charge is -2.31. The second kappa shape index (κ2) is 5.48. The lowest BCUT2D eigenvalue weighted by molar-refractivity contribution is -0.113. The molecule has 0 aliphatic heterocycles. The third-order valence-corrected chi connectivity index (χ3v) is 2.18. The van der Waals surface area contributed by atoms with E-state index in [0.29, 0.717) is 12.8 Å². The van der Waals surface area contributed by atoms with Gasteiger partial charge in [-0.25, -0.2) is 0 Å². The van der Waals surface area contributed by atoms with E-state index in [1.807, 2.05) is 0 Å². The summed E-state index contributed by atoms with van der Waals surface area (Å²) in [5, 5.41) is 26.6. The van der Waals surface area contributed by atoms with Crippen molar-refractivity contribution in [2.24, 2.45) is 0 Å². The number of ether oxygens (including phenoxy) is 1. The number of aliphatic hydroxyl groups excluding tert-OH is 3. The van der Waals surface area contributed by atoms with Crippen LogP contribution in [-0.2, 0) is 4.74 Å². The molecule has 0 saturated carbocycles. The molecule has 0 aromatic carbocycles. The summed E-state index contributed by atoms with van der Waals surface area (Å²) in [4.78, 5) is 0. The van der Waals surface area contributed by atoms with Crippen LogP contribution < -0.4 is 0 Å². The van der Waals surface area contributed by atoms with Crippen molar-refractivity contribution in [3.63, 3.8) is 0 Å². The minimum atomic E-state index is -0.894. The van der Waals surface area contributed by atoms with Crippen LogP contribution in [-0.4, -0.2) is 47.3 Å². The van der Waals surface area contributed by atoms with Gasteiger partial charge in [0, 0.05) is 13.7 Å². The Morgan fingerprint density at radius 3 is 2.33 bits per heavy atom. The van der Waals surface area contributed by atoms with Crippen molar-refractivity contribution in [3.8, 4) is 0 Å².